The lowest BCUT2D eigenvalue weighted by atomic mass is 10.2. The summed E-state index contributed by atoms with van der Waals surface area (Å²) in [6, 6.07) is 12.2. The van der Waals surface area contributed by atoms with Crippen molar-refractivity contribution in [1.82, 2.24) is 34.9 Å². The maximum absolute atomic E-state index is 5.95. The number of fused-ring (bicyclic) bond motifs is 2. The lowest BCUT2D eigenvalue weighted by Gasteiger charge is -2.12. The van der Waals surface area contributed by atoms with Gasteiger partial charge in [-0.25, -0.2) is 0 Å². The van der Waals surface area contributed by atoms with Gasteiger partial charge in [-0.3, -0.25) is 9.55 Å². The molecular formula is C20H15N7OS2. The maximum atomic E-state index is 5.95. The Morgan fingerprint density at radius 2 is 2.00 bits per heavy atom. The van der Waals surface area contributed by atoms with E-state index in [-0.39, 0.29) is 6.04 Å². The first-order valence-corrected chi connectivity index (χ1v) is 11.3. The van der Waals surface area contributed by atoms with Gasteiger partial charge in [-0.15, -0.1) is 20.4 Å². The monoisotopic (exact) mass is 433 g/mol. The number of aromatic amines is 1. The molecule has 8 nitrogen and oxygen atoms in total. The Kier molecular flexibility index (Phi) is 4.31. The van der Waals surface area contributed by atoms with Crippen molar-refractivity contribution in [3.63, 3.8) is 0 Å². The highest BCUT2D eigenvalue weighted by Crippen LogP contribution is 2.39. The Morgan fingerprint density at radius 3 is 2.93 bits per heavy atom. The number of H-pyrrole nitrogens is 1. The zero-order chi connectivity index (χ0) is 19.9. The molecule has 0 spiro atoms. The van der Waals surface area contributed by atoms with Crippen molar-refractivity contribution in [2.24, 2.45) is 0 Å². The number of para-hydroxylation sites is 1. The van der Waals surface area contributed by atoms with E-state index in [4.69, 9.17) is 4.42 Å². The van der Waals surface area contributed by atoms with E-state index < -0.39 is 0 Å². The SMILES string of the molecule is c1ccc2c(-c3nnc(SC[C@H]4CSc5nnc(-c6ccncc6)n54)o3)c[nH]c2c1. The van der Waals surface area contributed by atoms with Crippen molar-refractivity contribution < 1.29 is 4.42 Å². The molecule has 1 aliphatic heterocycles. The van der Waals surface area contributed by atoms with Crippen LogP contribution in [0.3, 0.4) is 0 Å². The summed E-state index contributed by atoms with van der Waals surface area (Å²) in [6.07, 6.45) is 5.45. The smallest absolute Gasteiger partial charge is 0.276 e. The predicted molar refractivity (Wildman–Crippen MR) is 115 cm³/mol. The minimum atomic E-state index is 0.247. The summed E-state index contributed by atoms with van der Waals surface area (Å²) in [5.74, 6) is 3.14. The fourth-order valence-corrected chi connectivity index (χ4v) is 5.63. The molecule has 148 valence electrons. The van der Waals surface area contributed by atoms with Crippen LogP contribution in [0.25, 0.3) is 33.7 Å². The largest absolute Gasteiger partial charge is 0.411 e. The summed E-state index contributed by atoms with van der Waals surface area (Å²) in [5, 5.41) is 19.8. The van der Waals surface area contributed by atoms with Gasteiger partial charge in [0.05, 0.1) is 11.6 Å². The summed E-state index contributed by atoms with van der Waals surface area (Å²) in [4.78, 5) is 7.33. The number of thioether (sulfide) groups is 2. The van der Waals surface area contributed by atoms with Crippen molar-refractivity contribution in [3.8, 4) is 22.8 Å². The van der Waals surface area contributed by atoms with Gasteiger partial charge in [-0.05, 0) is 18.2 Å². The van der Waals surface area contributed by atoms with Gasteiger partial charge < -0.3 is 9.40 Å². The summed E-state index contributed by atoms with van der Waals surface area (Å²) in [7, 11) is 0. The van der Waals surface area contributed by atoms with Crippen LogP contribution in [0.15, 0.2) is 69.8 Å². The summed E-state index contributed by atoms with van der Waals surface area (Å²) in [6.45, 7) is 0. The highest BCUT2D eigenvalue weighted by atomic mass is 32.2. The van der Waals surface area contributed by atoms with Gasteiger partial charge in [-0.1, -0.05) is 41.7 Å². The van der Waals surface area contributed by atoms with E-state index in [0.717, 1.165) is 44.5 Å². The molecular weight excluding hydrogens is 418 g/mol. The van der Waals surface area contributed by atoms with Crippen molar-refractivity contribution in [2.45, 2.75) is 16.4 Å². The minimum absolute atomic E-state index is 0.247. The lowest BCUT2D eigenvalue weighted by molar-refractivity contribution is 0.465. The van der Waals surface area contributed by atoms with E-state index in [1.807, 2.05) is 42.6 Å². The topological polar surface area (TPSA) is 98.3 Å². The molecule has 0 amide bonds. The molecule has 10 heteroatoms. The summed E-state index contributed by atoms with van der Waals surface area (Å²) in [5.41, 5.74) is 2.98. The summed E-state index contributed by atoms with van der Waals surface area (Å²) < 4.78 is 8.14. The maximum Gasteiger partial charge on any atom is 0.276 e. The number of nitrogens with one attached hydrogen (secondary N) is 1. The average Bonchev–Trinajstić information content (AvgIpc) is 3.56. The van der Waals surface area contributed by atoms with E-state index >= 15 is 0 Å². The van der Waals surface area contributed by atoms with Crippen LogP contribution in [-0.2, 0) is 0 Å². The van der Waals surface area contributed by atoms with Crippen LogP contribution in [0, 0.1) is 0 Å². The van der Waals surface area contributed by atoms with E-state index in [2.05, 4.69) is 34.9 Å². The molecule has 1 aliphatic rings. The van der Waals surface area contributed by atoms with Gasteiger partial charge in [0, 0.05) is 46.6 Å². The molecule has 0 fully saturated rings. The minimum Gasteiger partial charge on any atom is -0.411 e. The van der Waals surface area contributed by atoms with Crippen LogP contribution >= 0.6 is 23.5 Å². The van der Waals surface area contributed by atoms with Gasteiger partial charge in [-0.2, -0.15) is 0 Å². The molecule has 1 aromatic carbocycles. The lowest BCUT2D eigenvalue weighted by Crippen LogP contribution is -2.11. The molecule has 5 aromatic rings. The number of aromatic nitrogens is 7. The number of hydrogen-bond acceptors (Lipinski definition) is 8. The Labute approximate surface area is 179 Å². The van der Waals surface area contributed by atoms with Crippen molar-refractivity contribution >= 4 is 34.4 Å². The molecule has 0 aliphatic carbocycles. The Morgan fingerprint density at radius 1 is 1.10 bits per heavy atom. The van der Waals surface area contributed by atoms with Gasteiger partial charge in [0.1, 0.15) is 0 Å². The number of pyridine rings is 1. The summed E-state index contributed by atoms with van der Waals surface area (Å²) >= 11 is 3.28. The first-order chi connectivity index (χ1) is 14.9. The third-order valence-corrected chi connectivity index (χ3v) is 7.05. The van der Waals surface area contributed by atoms with E-state index in [0.29, 0.717) is 11.1 Å². The Bertz CT molecular complexity index is 1330. The zero-order valence-corrected chi connectivity index (χ0v) is 17.2. The quantitative estimate of drug-likeness (QED) is 0.410. The van der Waals surface area contributed by atoms with Crippen LogP contribution in [-0.4, -0.2) is 46.4 Å². The predicted octanol–water partition coefficient (Wildman–Crippen LogP) is 4.31. The van der Waals surface area contributed by atoms with Gasteiger partial charge in [0.25, 0.3) is 11.1 Å². The standard InChI is InChI=1S/C20H15N7OS2/c1-2-4-16-14(3-1)15(9-22-16)18-24-26-20(28-18)30-11-13-10-29-19-25-23-17(27(13)19)12-5-7-21-8-6-12/h1-9,13,22H,10-11H2/t13-/m1/s1. The molecule has 0 unspecified atom stereocenters. The van der Waals surface area contributed by atoms with Crippen LogP contribution in [0.1, 0.15) is 6.04 Å². The van der Waals surface area contributed by atoms with E-state index in [1.54, 1.807) is 35.9 Å². The van der Waals surface area contributed by atoms with Gasteiger partial charge >= 0.3 is 0 Å². The first kappa shape index (κ1) is 17.7. The second kappa shape index (κ2) is 7.29. The molecule has 0 saturated heterocycles. The highest BCUT2D eigenvalue weighted by Gasteiger charge is 2.29. The van der Waals surface area contributed by atoms with Crippen LogP contribution in [0.5, 0.6) is 0 Å². The second-order valence-corrected chi connectivity index (χ2v) is 8.77. The Balaban J connectivity index is 1.22. The van der Waals surface area contributed by atoms with E-state index in [1.165, 1.54) is 0 Å². The fraction of sp³-hybridized carbons (Fsp3) is 0.150. The van der Waals surface area contributed by atoms with Gasteiger partial charge in [0.15, 0.2) is 11.0 Å². The molecule has 0 bridgehead atoms. The van der Waals surface area contributed by atoms with Crippen molar-refractivity contribution in [2.75, 3.05) is 11.5 Å². The fourth-order valence-electron chi connectivity index (χ4n) is 3.56. The second-order valence-electron chi connectivity index (χ2n) is 6.81. The molecule has 0 saturated carbocycles. The average molecular weight is 434 g/mol. The third kappa shape index (κ3) is 2.99. The molecule has 4 aromatic heterocycles. The van der Waals surface area contributed by atoms with Crippen LogP contribution < -0.4 is 0 Å². The number of benzene rings is 1. The first-order valence-electron chi connectivity index (χ1n) is 9.38. The highest BCUT2D eigenvalue weighted by molar-refractivity contribution is 8.00. The number of rotatable bonds is 5. The molecule has 0 radical (unpaired) electrons. The molecule has 1 N–H and O–H groups in total. The van der Waals surface area contributed by atoms with Crippen molar-refractivity contribution in [3.05, 3.63) is 55.0 Å². The third-order valence-electron chi connectivity index (χ3n) is 5.00. The normalized spacial score (nSPS) is 15.7. The van der Waals surface area contributed by atoms with Crippen molar-refractivity contribution in [1.29, 1.82) is 0 Å². The Hall–Kier alpha value is -3.11. The van der Waals surface area contributed by atoms with Crippen LogP contribution in [0.4, 0.5) is 0 Å². The molecule has 30 heavy (non-hydrogen) atoms. The molecule has 6 rings (SSSR count). The van der Waals surface area contributed by atoms with Crippen LogP contribution in [0.2, 0.25) is 0 Å². The van der Waals surface area contributed by atoms with E-state index in [9.17, 15) is 0 Å². The van der Waals surface area contributed by atoms with Gasteiger partial charge in [0.2, 0.25) is 0 Å². The number of nitrogens with zero attached hydrogens (tertiary/aromatic N) is 6. The zero-order valence-electron chi connectivity index (χ0n) is 15.6. The molecule has 1 atom stereocenters. The molecule has 5 heterocycles. The number of hydrogen-bond donors (Lipinski definition) is 1.